The van der Waals surface area contributed by atoms with Gasteiger partial charge in [-0.1, -0.05) is 56.4 Å². The van der Waals surface area contributed by atoms with Crippen LogP contribution in [0.5, 0.6) is 11.5 Å². The molecule has 1 aliphatic rings. The van der Waals surface area contributed by atoms with Crippen molar-refractivity contribution in [3.05, 3.63) is 60.2 Å². The van der Waals surface area contributed by atoms with Gasteiger partial charge in [-0.25, -0.2) is 0 Å². The third-order valence-electron chi connectivity index (χ3n) is 4.52. The van der Waals surface area contributed by atoms with Crippen molar-refractivity contribution in [2.75, 3.05) is 0 Å². The van der Waals surface area contributed by atoms with E-state index in [2.05, 4.69) is 5.32 Å². The van der Waals surface area contributed by atoms with Gasteiger partial charge in [0.15, 0.2) is 0 Å². The topological polar surface area (TPSA) is 38.3 Å². The summed E-state index contributed by atoms with van der Waals surface area (Å²) in [5, 5.41) is 3.20. The zero-order chi connectivity index (χ0) is 16.6. The molecule has 0 spiro atoms. The molecule has 24 heavy (non-hydrogen) atoms. The first-order valence-electron chi connectivity index (χ1n) is 8.95. The Bertz CT molecular complexity index is 646. The summed E-state index contributed by atoms with van der Waals surface area (Å²) in [5.41, 5.74) is 0.658. The van der Waals surface area contributed by atoms with Gasteiger partial charge in [-0.15, -0.1) is 0 Å². The zero-order valence-corrected chi connectivity index (χ0v) is 14.0. The monoisotopic (exact) mass is 323 g/mol. The van der Waals surface area contributed by atoms with Crippen molar-refractivity contribution in [3.63, 3.8) is 0 Å². The SMILES string of the molecule is O=C(NC1CCCCCCC1)c1cccc(Oc2ccccc2)c1. The van der Waals surface area contributed by atoms with E-state index in [0.29, 0.717) is 17.4 Å². The van der Waals surface area contributed by atoms with Gasteiger partial charge in [-0.3, -0.25) is 4.79 Å². The molecule has 1 N–H and O–H groups in total. The second-order valence-corrected chi connectivity index (χ2v) is 6.46. The van der Waals surface area contributed by atoms with Crippen molar-refractivity contribution in [3.8, 4) is 11.5 Å². The number of para-hydroxylation sites is 1. The molecule has 0 saturated heterocycles. The van der Waals surface area contributed by atoms with Gasteiger partial charge in [-0.2, -0.15) is 0 Å². The lowest BCUT2D eigenvalue weighted by Crippen LogP contribution is -2.35. The quantitative estimate of drug-likeness (QED) is 0.826. The van der Waals surface area contributed by atoms with Crippen LogP contribution in [0.15, 0.2) is 54.6 Å². The lowest BCUT2D eigenvalue weighted by atomic mass is 9.96. The summed E-state index contributed by atoms with van der Waals surface area (Å²) in [6, 6.07) is 17.3. The molecule has 3 rings (SSSR count). The molecule has 1 aliphatic carbocycles. The van der Waals surface area contributed by atoms with Crippen molar-refractivity contribution >= 4 is 5.91 Å². The molecule has 0 radical (unpaired) electrons. The van der Waals surface area contributed by atoms with Crippen LogP contribution in [0.2, 0.25) is 0 Å². The number of nitrogens with one attached hydrogen (secondary N) is 1. The van der Waals surface area contributed by atoms with Crippen LogP contribution in [0, 0.1) is 0 Å². The summed E-state index contributed by atoms with van der Waals surface area (Å²) in [6.07, 6.45) is 8.50. The number of hydrogen-bond donors (Lipinski definition) is 1. The molecule has 126 valence electrons. The highest BCUT2D eigenvalue weighted by Gasteiger charge is 2.15. The van der Waals surface area contributed by atoms with Crippen LogP contribution >= 0.6 is 0 Å². The van der Waals surface area contributed by atoms with Crippen LogP contribution in [0.1, 0.15) is 55.3 Å². The summed E-state index contributed by atoms with van der Waals surface area (Å²) >= 11 is 0. The number of rotatable bonds is 4. The van der Waals surface area contributed by atoms with Gasteiger partial charge in [0.25, 0.3) is 5.91 Å². The molecule has 1 fully saturated rings. The predicted octanol–water partition coefficient (Wildman–Crippen LogP) is 5.32. The Morgan fingerprint density at radius 1 is 0.833 bits per heavy atom. The molecule has 1 amide bonds. The Morgan fingerprint density at radius 3 is 2.25 bits per heavy atom. The Hall–Kier alpha value is -2.29. The van der Waals surface area contributed by atoms with Gasteiger partial charge in [-0.05, 0) is 43.2 Å². The Morgan fingerprint density at radius 2 is 1.50 bits per heavy atom. The van der Waals surface area contributed by atoms with Crippen molar-refractivity contribution in [2.45, 2.75) is 51.0 Å². The van der Waals surface area contributed by atoms with Crippen molar-refractivity contribution in [2.24, 2.45) is 0 Å². The normalized spacial score (nSPS) is 16.0. The summed E-state index contributed by atoms with van der Waals surface area (Å²) in [7, 11) is 0. The highest BCUT2D eigenvalue weighted by Crippen LogP contribution is 2.22. The Labute approximate surface area is 144 Å². The van der Waals surface area contributed by atoms with Crippen LogP contribution in [0.25, 0.3) is 0 Å². The van der Waals surface area contributed by atoms with Crippen LogP contribution in [-0.2, 0) is 0 Å². The maximum absolute atomic E-state index is 12.5. The van der Waals surface area contributed by atoms with Crippen molar-refractivity contribution in [1.29, 1.82) is 0 Å². The third-order valence-corrected chi connectivity index (χ3v) is 4.52. The number of amides is 1. The first-order chi connectivity index (χ1) is 11.8. The number of hydrogen-bond acceptors (Lipinski definition) is 2. The molecule has 0 aromatic heterocycles. The van der Waals surface area contributed by atoms with Gasteiger partial charge in [0, 0.05) is 11.6 Å². The third kappa shape index (κ3) is 4.85. The fourth-order valence-electron chi connectivity index (χ4n) is 3.19. The van der Waals surface area contributed by atoms with E-state index in [9.17, 15) is 4.79 Å². The molecule has 1 saturated carbocycles. The molecular formula is C21H25NO2. The average Bonchev–Trinajstić information content (AvgIpc) is 2.58. The summed E-state index contributed by atoms with van der Waals surface area (Å²) in [4.78, 5) is 12.5. The number of benzene rings is 2. The number of carbonyl (C=O) groups excluding carboxylic acids is 1. The second-order valence-electron chi connectivity index (χ2n) is 6.46. The molecule has 2 aromatic carbocycles. The summed E-state index contributed by atoms with van der Waals surface area (Å²) in [5.74, 6) is 1.46. The molecule has 3 nitrogen and oxygen atoms in total. The van der Waals surface area contributed by atoms with E-state index in [0.717, 1.165) is 18.6 Å². The minimum Gasteiger partial charge on any atom is -0.457 e. The van der Waals surface area contributed by atoms with Gasteiger partial charge in [0.05, 0.1) is 0 Å². The number of carbonyl (C=O) groups is 1. The minimum atomic E-state index is -0.000847. The molecule has 3 heteroatoms. The van der Waals surface area contributed by atoms with E-state index < -0.39 is 0 Å². The van der Waals surface area contributed by atoms with Crippen LogP contribution < -0.4 is 10.1 Å². The van der Waals surface area contributed by atoms with E-state index in [1.165, 1.54) is 32.1 Å². The lowest BCUT2D eigenvalue weighted by molar-refractivity contribution is 0.0930. The highest BCUT2D eigenvalue weighted by molar-refractivity contribution is 5.94. The predicted molar refractivity (Wildman–Crippen MR) is 96.5 cm³/mol. The molecule has 2 aromatic rings. The summed E-state index contributed by atoms with van der Waals surface area (Å²) in [6.45, 7) is 0. The van der Waals surface area contributed by atoms with E-state index in [1.54, 1.807) is 0 Å². The number of ether oxygens (including phenoxy) is 1. The van der Waals surface area contributed by atoms with E-state index in [1.807, 2.05) is 54.6 Å². The van der Waals surface area contributed by atoms with Gasteiger partial charge >= 0.3 is 0 Å². The van der Waals surface area contributed by atoms with E-state index in [4.69, 9.17) is 4.74 Å². The fourth-order valence-corrected chi connectivity index (χ4v) is 3.19. The molecule has 0 unspecified atom stereocenters. The second kappa shape index (κ2) is 8.53. The van der Waals surface area contributed by atoms with Gasteiger partial charge < -0.3 is 10.1 Å². The molecule has 0 bridgehead atoms. The van der Waals surface area contributed by atoms with Gasteiger partial charge in [0.2, 0.25) is 0 Å². The minimum absolute atomic E-state index is 0.000847. The van der Waals surface area contributed by atoms with Crippen LogP contribution in [0.4, 0.5) is 0 Å². The van der Waals surface area contributed by atoms with Crippen LogP contribution in [0.3, 0.4) is 0 Å². The van der Waals surface area contributed by atoms with E-state index in [-0.39, 0.29) is 5.91 Å². The Kier molecular flexibility index (Phi) is 5.89. The standard InChI is InChI=1S/C21H25NO2/c23-21(22-18-11-5-2-1-3-6-12-18)17-10-9-15-20(16-17)24-19-13-7-4-8-14-19/h4,7-10,13-16,18H,1-3,5-6,11-12H2,(H,22,23). The fraction of sp³-hybridized carbons (Fsp3) is 0.381. The average molecular weight is 323 g/mol. The maximum atomic E-state index is 12.5. The van der Waals surface area contributed by atoms with Crippen molar-refractivity contribution < 1.29 is 9.53 Å². The highest BCUT2D eigenvalue weighted by atomic mass is 16.5. The smallest absolute Gasteiger partial charge is 0.251 e. The van der Waals surface area contributed by atoms with Crippen LogP contribution in [-0.4, -0.2) is 11.9 Å². The lowest BCUT2D eigenvalue weighted by Gasteiger charge is -2.21. The van der Waals surface area contributed by atoms with Crippen molar-refractivity contribution in [1.82, 2.24) is 5.32 Å². The largest absolute Gasteiger partial charge is 0.457 e. The molecule has 0 aliphatic heterocycles. The molecule has 0 atom stereocenters. The molecular weight excluding hydrogens is 298 g/mol. The summed E-state index contributed by atoms with van der Waals surface area (Å²) < 4.78 is 5.82. The maximum Gasteiger partial charge on any atom is 0.251 e. The first-order valence-corrected chi connectivity index (χ1v) is 8.95. The Balaban J connectivity index is 1.63. The zero-order valence-electron chi connectivity index (χ0n) is 14.0. The van der Waals surface area contributed by atoms with E-state index >= 15 is 0 Å². The van der Waals surface area contributed by atoms with Gasteiger partial charge in [0.1, 0.15) is 11.5 Å². The first kappa shape index (κ1) is 16.6. The molecule has 0 heterocycles.